The second-order valence-corrected chi connectivity index (χ2v) is 7.67. The van der Waals surface area contributed by atoms with Crippen LogP contribution in [0.5, 0.6) is 0 Å². The molecule has 0 bridgehead atoms. The summed E-state index contributed by atoms with van der Waals surface area (Å²) in [4.78, 5) is 0. The Morgan fingerprint density at radius 1 is 1.18 bits per heavy atom. The zero-order valence-electron chi connectivity index (χ0n) is 15.1. The zero-order chi connectivity index (χ0) is 18.4. The van der Waals surface area contributed by atoms with Crippen LogP contribution >= 0.6 is 0 Å². The maximum atomic E-state index is 5.39. The summed E-state index contributed by atoms with van der Waals surface area (Å²) in [7, 11) is 0. The Balaban J connectivity index is 0.00000192. The van der Waals surface area contributed by atoms with Crippen LogP contribution in [0.1, 0.15) is 50.3 Å². The van der Waals surface area contributed by atoms with Gasteiger partial charge in [-0.2, -0.15) is 5.10 Å². The minimum atomic E-state index is 0. The number of hydrogen-bond acceptors (Lipinski definition) is 4. The highest BCUT2D eigenvalue weighted by molar-refractivity contribution is 6.10. The van der Waals surface area contributed by atoms with Crippen molar-refractivity contribution in [2.45, 2.75) is 45.6 Å². The lowest BCUT2D eigenvalue weighted by Crippen LogP contribution is -2.49. The van der Waals surface area contributed by atoms with E-state index in [1.165, 1.54) is 24.0 Å². The molecule has 3 aliphatic rings. The van der Waals surface area contributed by atoms with Gasteiger partial charge in [-0.05, 0) is 48.7 Å². The fourth-order valence-corrected chi connectivity index (χ4v) is 4.95. The summed E-state index contributed by atoms with van der Waals surface area (Å²) in [6.07, 6.45) is 6.63. The number of nitrogens with two attached hydrogens (primary N) is 2. The van der Waals surface area contributed by atoms with E-state index < -0.39 is 0 Å². The number of rotatable bonds is 4. The van der Waals surface area contributed by atoms with E-state index >= 15 is 0 Å². The van der Waals surface area contributed by atoms with Gasteiger partial charge >= 0.3 is 0 Å². The van der Waals surface area contributed by atoms with Gasteiger partial charge in [-0.25, -0.2) is 4.68 Å². The third kappa shape index (κ3) is 3.00. The topological polar surface area (TPSA) is 107 Å². The predicted octanol–water partition coefficient (Wildman–Crippen LogP) is 2.81. The normalized spacial score (nSPS) is 26.4. The van der Waals surface area contributed by atoms with Crippen molar-refractivity contribution >= 4 is 11.7 Å². The highest BCUT2D eigenvalue weighted by atomic mass is 15.4. The van der Waals surface area contributed by atoms with Gasteiger partial charge in [0.2, 0.25) is 5.96 Å². The van der Waals surface area contributed by atoms with Crippen LogP contribution in [-0.2, 0) is 6.54 Å². The number of hydrogen-bond donors (Lipinski definition) is 2. The van der Waals surface area contributed by atoms with Crippen LogP contribution in [0.15, 0.2) is 57.9 Å². The van der Waals surface area contributed by atoms with E-state index in [-0.39, 0.29) is 13.4 Å². The number of aromatic nitrogens is 3. The molecule has 7 nitrogen and oxygen atoms in total. The molecular formula is C21H27N7. The largest absolute Gasteiger partial charge is 0.369 e. The summed E-state index contributed by atoms with van der Waals surface area (Å²) >= 11 is 0. The van der Waals surface area contributed by atoms with Crippen molar-refractivity contribution in [3.63, 3.8) is 0 Å². The van der Waals surface area contributed by atoms with Gasteiger partial charge in [-0.3, -0.25) is 0 Å². The molecule has 3 aliphatic carbocycles. The molecule has 5 rings (SSSR count). The van der Waals surface area contributed by atoms with Crippen molar-refractivity contribution in [3.8, 4) is 0 Å². The summed E-state index contributed by atoms with van der Waals surface area (Å²) in [5, 5.41) is 16.9. The average Bonchev–Trinajstić information content (AvgIpc) is 3.10. The van der Waals surface area contributed by atoms with Crippen LogP contribution < -0.4 is 11.5 Å². The molecule has 1 heterocycles. The molecule has 1 aromatic heterocycles. The average molecular weight is 377 g/mol. The van der Waals surface area contributed by atoms with E-state index in [1.54, 1.807) is 5.57 Å². The first-order valence-corrected chi connectivity index (χ1v) is 9.53. The Bertz CT molecular complexity index is 950. The van der Waals surface area contributed by atoms with Crippen LogP contribution in [0.4, 0.5) is 0 Å². The van der Waals surface area contributed by atoms with Crippen molar-refractivity contribution in [3.05, 3.63) is 58.9 Å². The van der Waals surface area contributed by atoms with Gasteiger partial charge < -0.3 is 11.5 Å². The lowest BCUT2D eigenvalue weighted by atomic mass is 9.49. The molecule has 0 amide bonds. The Hall–Kier alpha value is -2.96. The quantitative estimate of drug-likeness (QED) is 0.485. The van der Waals surface area contributed by atoms with E-state index in [4.69, 9.17) is 11.5 Å². The van der Waals surface area contributed by atoms with Gasteiger partial charge in [-0.15, -0.1) is 10.2 Å². The van der Waals surface area contributed by atoms with Crippen LogP contribution in [-0.4, -0.2) is 26.7 Å². The van der Waals surface area contributed by atoms with Gasteiger partial charge in [-0.1, -0.05) is 48.5 Å². The maximum Gasteiger partial charge on any atom is 0.211 e. The van der Waals surface area contributed by atoms with Gasteiger partial charge in [0.05, 0.1) is 18.0 Å². The van der Waals surface area contributed by atoms with Crippen LogP contribution in [0.2, 0.25) is 0 Å². The van der Waals surface area contributed by atoms with E-state index in [0.717, 1.165) is 30.8 Å². The lowest BCUT2D eigenvalue weighted by molar-refractivity contribution is 0.243. The van der Waals surface area contributed by atoms with Gasteiger partial charge in [0.15, 0.2) is 0 Å². The second-order valence-electron chi connectivity index (χ2n) is 7.67. The molecule has 0 aliphatic heterocycles. The lowest BCUT2D eigenvalue weighted by Gasteiger charge is -2.54. The third-order valence-corrected chi connectivity index (χ3v) is 6.08. The molecule has 2 aromatic rings. The van der Waals surface area contributed by atoms with E-state index in [1.807, 2.05) is 10.7 Å². The molecular weight excluding hydrogens is 350 g/mol. The van der Waals surface area contributed by atoms with Crippen molar-refractivity contribution in [2.24, 2.45) is 33.5 Å². The van der Waals surface area contributed by atoms with E-state index in [0.29, 0.717) is 17.8 Å². The highest BCUT2D eigenvalue weighted by Gasteiger charge is 2.54. The molecule has 7 heteroatoms. The summed E-state index contributed by atoms with van der Waals surface area (Å²) in [6.45, 7) is 0.762. The van der Waals surface area contributed by atoms with Crippen molar-refractivity contribution in [1.29, 1.82) is 0 Å². The maximum absolute atomic E-state index is 5.39. The number of benzene rings is 1. The smallest absolute Gasteiger partial charge is 0.211 e. The molecule has 0 saturated heterocycles. The summed E-state index contributed by atoms with van der Waals surface area (Å²) in [5.41, 5.74) is 17.2. The molecule has 2 saturated carbocycles. The molecule has 1 aromatic carbocycles. The number of allylic oxidation sites excluding steroid dienone is 2. The number of nitrogens with zero attached hydrogens (tertiary/aromatic N) is 5. The Labute approximate surface area is 165 Å². The molecule has 28 heavy (non-hydrogen) atoms. The van der Waals surface area contributed by atoms with Crippen molar-refractivity contribution in [2.75, 3.05) is 0 Å². The SMILES string of the molecule is C.NC(N)=NN=C1CC2C1=C1CCCC(c3cn(Cc4ccccc4)nn3)C12. The van der Waals surface area contributed by atoms with Crippen LogP contribution in [0, 0.1) is 11.8 Å². The third-order valence-electron chi connectivity index (χ3n) is 6.08. The Kier molecular flexibility index (Phi) is 4.75. The summed E-state index contributed by atoms with van der Waals surface area (Å²) in [6, 6.07) is 10.4. The van der Waals surface area contributed by atoms with Crippen molar-refractivity contribution in [1.82, 2.24) is 15.0 Å². The molecule has 0 radical (unpaired) electrons. The Morgan fingerprint density at radius 2 is 2.00 bits per heavy atom. The molecule has 2 fully saturated rings. The van der Waals surface area contributed by atoms with Crippen LogP contribution in [0.25, 0.3) is 0 Å². The number of guanidine groups is 1. The molecule has 0 spiro atoms. The van der Waals surface area contributed by atoms with Crippen LogP contribution in [0.3, 0.4) is 0 Å². The van der Waals surface area contributed by atoms with Crippen molar-refractivity contribution < 1.29 is 0 Å². The molecule has 3 unspecified atom stereocenters. The van der Waals surface area contributed by atoms with Gasteiger partial charge in [0, 0.05) is 12.1 Å². The van der Waals surface area contributed by atoms with Gasteiger partial charge in [0.25, 0.3) is 0 Å². The van der Waals surface area contributed by atoms with Gasteiger partial charge in [0.1, 0.15) is 0 Å². The first-order valence-electron chi connectivity index (χ1n) is 9.53. The fourth-order valence-electron chi connectivity index (χ4n) is 4.95. The minimum absolute atomic E-state index is 0. The summed E-state index contributed by atoms with van der Waals surface area (Å²) in [5.74, 6) is 1.67. The number of fused-ring (bicyclic) bond motifs is 3. The first kappa shape index (κ1) is 18.4. The molecule has 3 atom stereocenters. The summed E-state index contributed by atoms with van der Waals surface area (Å²) < 4.78 is 1.95. The molecule has 4 N–H and O–H groups in total. The van der Waals surface area contributed by atoms with E-state index in [9.17, 15) is 0 Å². The Morgan fingerprint density at radius 3 is 2.79 bits per heavy atom. The monoisotopic (exact) mass is 377 g/mol. The minimum Gasteiger partial charge on any atom is -0.369 e. The standard InChI is InChI=1S/C20H23N7.CH4/c21-20(22)25-23-16-9-15-18-13(7-4-8-14(18)19(15)16)17-11-27(26-24-17)10-12-5-2-1-3-6-12;/h1-3,5-6,11,13,15,18H,4,7-10H2,(H4,21,22,25);1H4. The zero-order valence-corrected chi connectivity index (χ0v) is 15.1. The first-order chi connectivity index (χ1) is 13.2. The van der Waals surface area contributed by atoms with E-state index in [2.05, 4.69) is 51.0 Å². The fraction of sp³-hybridized carbons (Fsp3) is 0.429. The molecule has 146 valence electrons. The highest BCUT2D eigenvalue weighted by Crippen LogP contribution is 2.61. The second kappa shape index (κ2) is 7.22. The predicted molar refractivity (Wildman–Crippen MR) is 111 cm³/mol.